The molecule has 1 nitrogen and oxygen atoms in total. The lowest BCUT2D eigenvalue weighted by Gasteiger charge is -2.14. The van der Waals surface area contributed by atoms with Crippen molar-refractivity contribution in [2.24, 2.45) is 0 Å². The van der Waals surface area contributed by atoms with E-state index in [9.17, 15) is 9.18 Å². The topological polar surface area (TPSA) is 17.1 Å². The number of benzene rings is 2. The van der Waals surface area contributed by atoms with Crippen LogP contribution >= 0.6 is 0 Å². The number of carbonyl (C=O) groups excluding carboxylic acids is 1. The zero-order chi connectivity index (χ0) is 13.6. The first kappa shape index (κ1) is 12.1. The molecule has 1 aliphatic carbocycles. The Balaban J connectivity index is 2.28. The van der Waals surface area contributed by atoms with E-state index in [1.807, 2.05) is 32.0 Å². The summed E-state index contributed by atoms with van der Waals surface area (Å²) in [5, 5.41) is 0. The Labute approximate surface area is 112 Å². The van der Waals surface area contributed by atoms with Gasteiger partial charge in [-0.15, -0.1) is 0 Å². The summed E-state index contributed by atoms with van der Waals surface area (Å²) in [7, 11) is 0. The average Bonchev–Trinajstić information content (AvgIpc) is 2.71. The monoisotopic (exact) mass is 254 g/mol. The number of hydrogen-bond donors (Lipinski definition) is 0. The van der Waals surface area contributed by atoms with Crippen LogP contribution in [0.3, 0.4) is 0 Å². The van der Waals surface area contributed by atoms with Crippen LogP contribution in [0.25, 0.3) is 11.1 Å². The molecule has 0 amide bonds. The van der Waals surface area contributed by atoms with Gasteiger partial charge in [-0.1, -0.05) is 18.2 Å². The molecule has 1 aliphatic rings. The van der Waals surface area contributed by atoms with E-state index in [4.69, 9.17) is 0 Å². The first-order chi connectivity index (χ1) is 9.08. The fourth-order valence-electron chi connectivity index (χ4n) is 3.06. The van der Waals surface area contributed by atoms with Crippen molar-refractivity contribution >= 4 is 5.78 Å². The van der Waals surface area contributed by atoms with Crippen LogP contribution in [0.2, 0.25) is 0 Å². The van der Waals surface area contributed by atoms with Gasteiger partial charge in [-0.3, -0.25) is 4.79 Å². The highest BCUT2D eigenvalue weighted by atomic mass is 19.1. The number of carbonyl (C=O) groups is 1. The summed E-state index contributed by atoms with van der Waals surface area (Å²) in [5.74, 6) is 0.0108. The summed E-state index contributed by atoms with van der Waals surface area (Å²) >= 11 is 0. The predicted molar refractivity (Wildman–Crippen MR) is 74.0 cm³/mol. The molecule has 0 bridgehead atoms. The molecule has 2 heteroatoms. The first-order valence-electron chi connectivity index (χ1n) is 6.50. The Kier molecular flexibility index (Phi) is 2.74. The minimum Gasteiger partial charge on any atom is -0.294 e. The Morgan fingerprint density at radius 3 is 2.32 bits per heavy atom. The molecule has 96 valence electrons. The van der Waals surface area contributed by atoms with Crippen molar-refractivity contribution in [3.05, 3.63) is 58.4 Å². The van der Waals surface area contributed by atoms with Crippen LogP contribution in [-0.2, 0) is 6.42 Å². The van der Waals surface area contributed by atoms with Gasteiger partial charge in [-0.2, -0.15) is 0 Å². The van der Waals surface area contributed by atoms with Crippen LogP contribution in [0.5, 0.6) is 0 Å². The van der Waals surface area contributed by atoms with E-state index in [1.54, 1.807) is 12.1 Å². The quantitative estimate of drug-likeness (QED) is 0.744. The van der Waals surface area contributed by atoms with E-state index < -0.39 is 0 Å². The summed E-state index contributed by atoms with van der Waals surface area (Å²) in [6.07, 6.45) is 1.38. The van der Waals surface area contributed by atoms with Crippen LogP contribution in [0.4, 0.5) is 4.39 Å². The van der Waals surface area contributed by atoms with Gasteiger partial charge in [0.05, 0.1) is 0 Å². The van der Waals surface area contributed by atoms with Crippen LogP contribution in [0, 0.1) is 19.7 Å². The molecule has 0 spiro atoms. The van der Waals surface area contributed by atoms with E-state index in [0.29, 0.717) is 6.42 Å². The molecule has 19 heavy (non-hydrogen) atoms. The van der Waals surface area contributed by atoms with Crippen LogP contribution in [0.1, 0.15) is 33.5 Å². The van der Waals surface area contributed by atoms with Gasteiger partial charge in [-0.25, -0.2) is 4.39 Å². The van der Waals surface area contributed by atoms with Gasteiger partial charge in [0.25, 0.3) is 0 Å². The minimum absolute atomic E-state index is 0.206. The van der Waals surface area contributed by atoms with Gasteiger partial charge in [0.1, 0.15) is 5.82 Å². The van der Waals surface area contributed by atoms with Gasteiger partial charge in [-0.05, 0) is 60.2 Å². The highest BCUT2D eigenvalue weighted by Gasteiger charge is 2.23. The standard InChI is InChI=1S/C17H15FO/c1-10-8-12(18)9-11(2)17(10)15-5-3-4-14-13(15)6-7-16(14)19/h3-5,8-9H,6-7H2,1-2H3. The smallest absolute Gasteiger partial charge is 0.163 e. The second-order valence-corrected chi connectivity index (χ2v) is 5.17. The van der Waals surface area contributed by atoms with Crippen molar-refractivity contribution in [3.63, 3.8) is 0 Å². The molecule has 0 fully saturated rings. The average molecular weight is 254 g/mol. The number of rotatable bonds is 1. The third-order valence-electron chi connectivity index (χ3n) is 3.85. The summed E-state index contributed by atoms with van der Waals surface area (Å²) in [4.78, 5) is 11.8. The number of aryl methyl sites for hydroxylation is 2. The number of hydrogen-bond acceptors (Lipinski definition) is 1. The van der Waals surface area contributed by atoms with Crippen molar-refractivity contribution in [2.75, 3.05) is 0 Å². The van der Waals surface area contributed by atoms with E-state index >= 15 is 0 Å². The van der Waals surface area contributed by atoms with E-state index in [1.165, 1.54) is 0 Å². The van der Waals surface area contributed by atoms with Crippen LogP contribution in [0.15, 0.2) is 30.3 Å². The van der Waals surface area contributed by atoms with Gasteiger partial charge < -0.3 is 0 Å². The zero-order valence-corrected chi connectivity index (χ0v) is 11.1. The highest BCUT2D eigenvalue weighted by Crippen LogP contribution is 2.36. The number of halogens is 1. The van der Waals surface area contributed by atoms with Crippen molar-refractivity contribution < 1.29 is 9.18 Å². The molecule has 3 rings (SSSR count). The summed E-state index contributed by atoms with van der Waals surface area (Å²) in [5.41, 5.74) is 5.94. The number of ketones is 1. The lowest BCUT2D eigenvalue weighted by Crippen LogP contribution is -1.96. The number of fused-ring (bicyclic) bond motifs is 1. The molecular weight excluding hydrogens is 239 g/mol. The predicted octanol–water partition coefficient (Wildman–Crippen LogP) is 4.24. The SMILES string of the molecule is Cc1cc(F)cc(C)c1-c1cccc2c1CCC2=O. The lowest BCUT2D eigenvalue weighted by atomic mass is 9.90. The number of Topliss-reactive ketones (excluding diaryl/α,β-unsaturated/α-hetero) is 1. The highest BCUT2D eigenvalue weighted by molar-refractivity contribution is 6.02. The van der Waals surface area contributed by atoms with E-state index in [0.717, 1.165) is 39.8 Å². The molecule has 0 aromatic heterocycles. The van der Waals surface area contributed by atoms with Gasteiger partial charge >= 0.3 is 0 Å². The fourth-order valence-corrected chi connectivity index (χ4v) is 3.06. The molecule has 0 unspecified atom stereocenters. The maximum atomic E-state index is 13.4. The molecule has 0 atom stereocenters. The second-order valence-electron chi connectivity index (χ2n) is 5.17. The molecule has 0 saturated carbocycles. The van der Waals surface area contributed by atoms with E-state index in [-0.39, 0.29) is 11.6 Å². The van der Waals surface area contributed by atoms with Gasteiger partial charge in [0.15, 0.2) is 5.78 Å². The molecule has 0 saturated heterocycles. The zero-order valence-electron chi connectivity index (χ0n) is 11.1. The maximum absolute atomic E-state index is 13.4. The van der Waals surface area contributed by atoms with Crippen LogP contribution in [-0.4, -0.2) is 5.78 Å². The maximum Gasteiger partial charge on any atom is 0.163 e. The Morgan fingerprint density at radius 1 is 1.00 bits per heavy atom. The minimum atomic E-state index is -0.206. The third kappa shape index (κ3) is 1.88. The van der Waals surface area contributed by atoms with Gasteiger partial charge in [0.2, 0.25) is 0 Å². The van der Waals surface area contributed by atoms with Crippen molar-refractivity contribution in [3.8, 4) is 11.1 Å². The normalized spacial score (nSPS) is 13.7. The van der Waals surface area contributed by atoms with E-state index in [2.05, 4.69) is 0 Å². The largest absolute Gasteiger partial charge is 0.294 e. The van der Waals surface area contributed by atoms with Crippen molar-refractivity contribution in [2.45, 2.75) is 26.7 Å². The molecule has 0 heterocycles. The Morgan fingerprint density at radius 2 is 1.63 bits per heavy atom. The van der Waals surface area contributed by atoms with Crippen LogP contribution < -0.4 is 0 Å². The molecule has 2 aromatic carbocycles. The molecule has 2 aromatic rings. The summed E-state index contributed by atoms with van der Waals surface area (Å²) in [6, 6.07) is 8.95. The lowest BCUT2D eigenvalue weighted by molar-refractivity contribution is 0.0994. The fraction of sp³-hybridized carbons (Fsp3) is 0.235. The summed E-state index contributed by atoms with van der Waals surface area (Å²) in [6.45, 7) is 3.84. The summed E-state index contributed by atoms with van der Waals surface area (Å²) < 4.78 is 13.4. The second kappa shape index (κ2) is 4.30. The Bertz CT molecular complexity index is 663. The Hall–Kier alpha value is -1.96. The van der Waals surface area contributed by atoms with Crippen molar-refractivity contribution in [1.82, 2.24) is 0 Å². The van der Waals surface area contributed by atoms with Gasteiger partial charge in [0, 0.05) is 12.0 Å². The first-order valence-corrected chi connectivity index (χ1v) is 6.50. The molecular formula is C17H15FO. The third-order valence-corrected chi connectivity index (χ3v) is 3.85. The molecule has 0 radical (unpaired) electrons. The van der Waals surface area contributed by atoms with Crippen molar-refractivity contribution in [1.29, 1.82) is 0 Å². The molecule has 0 aliphatic heterocycles. The molecule has 0 N–H and O–H groups in total.